The molecule has 82 valence electrons. The first-order chi connectivity index (χ1) is 7.33. The minimum absolute atomic E-state index is 0.374. The molecule has 0 amide bonds. The van der Waals surface area contributed by atoms with Crippen LogP contribution >= 0.6 is 11.6 Å². The van der Waals surface area contributed by atoms with E-state index >= 15 is 0 Å². The number of rotatable bonds is 2. The fraction of sp³-hybridized carbons (Fsp3) is 0.500. The Morgan fingerprint density at radius 3 is 2.67 bits per heavy atom. The second-order valence-electron chi connectivity index (χ2n) is 4.19. The molecule has 15 heavy (non-hydrogen) atoms. The minimum atomic E-state index is 0.374. The van der Waals surface area contributed by atoms with E-state index in [1.807, 2.05) is 18.2 Å². The highest BCUT2D eigenvalue weighted by molar-refractivity contribution is 6.31. The summed E-state index contributed by atoms with van der Waals surface area (Å²) in [7, 11) is 0. The molecule has 1 aliphatic carbocycles. The van der Waals surface area contributed by atoms with E-state index in [4.69, 9.17) is 17.4 Å². The molecule has 2 nitrogen and oxygen atoms in total. The average Bonchev–Trinajstić information content (AvgIpc) is 2.30. The first kappa shape index (κ1) is 10.9. The first-order valence-electron chi connectivity index (χ1n) is 5.53. The Morgan fingerprint density at radius 2 is 1.93 bits per heavy atom. The van der Waals surface area contributed by atoms with Gasteiger partial charge in [-0.15, -0.1) is 0 Å². The van der Waals surface area contributed by atoms with Gasteiger partial charge < -0.3 is 0 Å². The molecule has 0 radical (unpaired) electrons. The molecule has 0 heterocycles. The van der Waals surface area contributed by atoms with Gasteiger partial charge >= 0.3 is 0 Å². The lowest BCUT2D eigenvalue weighted by molar-refractivity contribution is 0.331. The summed E-state index contributed by atoms with van der Waals surface area (Å²) in [4.78, 5) is 0. The van der Waals surface area contributed by atoms with E-state index in [1.165, 1.54) is 24.8 Å². The Hall–Kier alpha value is -0.570. The summed E-state index contributed by atoms with van der Waals surface area (Å²) in [6.07, 6.45) is 4.86. The summed E-state index contributed by atoms with van der Waals surface area (Å²) in [5.41, 5.74) is 4.16. The maximum atomic E-state index is 6.21. The second-order valence-corrected chi connectivity index (χ2v) is 4.59. The summed E-state index contributed by atoms with van der Waals surface area (Å²) >= 11 is 6.21. The highest BCUT2D eigenvalue weighted by Gasteiger charge is 2.26. The van der Waals surface area contributed by atoms with Gasteiger partial charge in [0.2, 0.25) is 0 Å². The van der Waals surface area contributed by atoms with E-state index in [0.717, 1.165) is 11.4 Å². The Labute approximate surface area is 95.8 Å². The Kier molecular flexibility index (Phi) is 3.62. The first-order valence-corrected chi connectivity index (χ1v) is 5.91. The lowest BCUT2D eigenvalue weighted by atomic mass is 9.80. The van der Waals surface area contributed by atoms with Crippen LogP contribution in [0.4, 0.5) is 0 Å². The molecule has 0 saturated heterocycles. The fourth-order valence-corrected chi connectivity index (χ4v) is 2.75. The predicted molar refractivity (Wildman–Crippen MR) is 63.8 cm³/mol. The van der Waals surface area contributed by atoms with Gasteiger partial charge in [0.25, 0.3) is 0 Å². The molecule has 2 unspecified atom stereocenters. The van der Waals surface area contributed by atoms with Gasteiger partial charge in [-0.1, -0.05) is 42.6 Å². The van der Waals surface area contributed by atoms with Gasteiger partial charge in [-0.3, -0.25) is 11.3 Å². The quantitative estimate of drug-likeness (QED) is 0.599. The molecule has 0 aliphatic heterocycles. The van der Waals surface area contributed by atoms with Crippen molar-refractivity contribution in [3.63, 3.8) is 0 Å². The van der Waals surface area contributed by atoms with Crippen molar-refractivity contribution < 1.29 is 0 Å². The molecule has 2 rings (SSSR count). The Bertz CT molecular complexity index is 327. The summed E-state index contributed by atoms with van der Waals surface area (Å²) < 4.78 is 0. The van der Waals surface area contributed by atoms with E-state index in [9.17, 15) is 0 Å². The van der Waals surface area contributed by atoms with Gasteiger partial charge in [0.05, 0.1) is 0 Å². The third-order valence-corrected chi connectivity index (χ3v) is 3.63. The highest BCUT2D eigenvalue weighted by Crippen LogP contribution is 2.35. The molecule has 0 spiro atoms. The molecule has 2 atom stereocenters. The Morgan fingerprint density at radius 1 is 1.20 bits per heavy atom. The molecule has 1 aromatic carbocycles. The summed E-state index contributed by atoms with van der Waals surface area (Å²) in [5, 5.41) is 0.865. The maximum Gasteiger partial charge on any atom is 0.0441 e. The summed E-state index contributed by atoms with van der Waals surface area (Å²) in [6.45, 7) is 0. The number of nitrogens with two attached hydrogens (primary N) is 1. The number of hydrazine groups is 1. The van der Waals surface area contributed by atoms with Crippen LogP contribution in [-0.4, -0.2) is 6.04 Å². The number of halogens is 1. The van der Waals surface area contributed by atoms with Crippen molar-refractivity contribution in [1.82, 2.24) is 5.43 Å². The molecular formula is C12H17ClN2. The standard InChI is InChI=1S/C12H17ClN2/c13-11-7-3-1-5-9(11)10-6-2-4-8-12(10)15-14/h1,3,5,7,10,12,15H,2,4,6,8,14H2. The summed E-state index contributed by atoms with van der Waals surface area (Å²) in [6, 6.07) is 8.46. The van der Waals surface area contributed by atoms with Crippen LogP contribution in [-0.2, 0) is 0 Å². The van der Waals surface area contributed by atoms with E-state index in [0.29, 0.717) is 12.0 Å². The maximum absolute atomic E-state index is 6.21. The SMILES string of the molecule is NNC1CCCCC1c1ccccc1Cl. The summed E-state index contributed by atoms with van der Waals surface area (Å²) in [5.74, 6) is 6.06. The number of hydrogen-bond acceptors (Lipinski definition) is 2. The van der Waals surface area contributed by atoms with Crippen molar-refractivity contribution in [1.29, 1.82) is 0 Å². The zero-order valence-corrected chi connectivity index (χ0v) is 9.50. The molecule has 3 N–H and O–H groups in total. The number of nitrogens with one attached hydrogen (secondary N) is 1. The predicted octanol–water partition coefficient (Wildman–Crippen LogP) is 2.83. The van der Waals surface area contributed by atoms with Crippen LogP contribution in [0.2, 0.25) is 5.02 Å². The van der Waals surface area contributed by atoms with Crippen LogP contribution < -0.4 is 11.3 Å². The fourth-order valence-electron chi connectivity index (χ4n) is 2.48. The molecular weight excluding hydrogens is 208 g/mol. The van der Waals surface area contributed by atoms with Gasteiger partial charge in [-0.2, -0.15) is 0 Å². The van der Waals surface area contributed by atoms with E-state index in [-0.39, 0.29) is 0 Å². The molecule has 1 aliphatic rings. The van der Waals surface area contributed by atoms with E-state index < -0.39 is 0 Å². The Balaban J connectivity index is 2.24. The van der Waals surface area contributed by atoms with Gasteiger partial charge in [-0.25, -0.2) is 0 Å². The second kappa shape index (κ2) is 4.97. The van der Waals surface area contributed by atoms with Crippen molar-refractivity contribution in [3.8, 4) is 0 Å². The van der Waals surface area contributed by atoms with Gasteiger partial charge in [0.1, 0.15) is 0 Å². The lowest BCUT2D eigenvalue weighted by Gasteiger charge is -2.31. The molecule has 1 fully saturated rings. The van der Waals surface area contributed by atoms with Gasteiger partial charge in [0.15, 0.2) is 0 Å². The van der Waals surface area contributed by atoms with Crippen LogP contribution in [0.15, 0.2) is 24.3 Å². The molecule has 0 bridgehead atoms. The highest BCUT2D eigenvalue weighted by atomic mass is 35.5. The average molecular weight is 225 g/mol. The molecule has 1 aromatic rings. The zero-order valence-electron chi connectivity index (χ0n) is 8.75. The minimum Gasteiger partial charge on any atom is -0.271 e. The van der Waals surface area contributed by atoms with Crippen LogP contribution in [0.1, 0.15) is 37.2 Å². The van der Waals surface area contributed by atoms with E-state index in [1.54, 1.807) is 0 Å². The zero-order chi connectivity index (χ0) is 10.7. The van der Waals surface area contributed by atoms with Crippen molar-refractivity contribution in [3.05, 3.63) is 34.9 Å². The van der Waals surface area contributed by atoms with Crippen LogP contribution in [0.25, 0.3) is 0 Å². The van der Waals surface area contributed by atoms with Gasteiger partial charge in [0, 0.05) is 17.0 Å². The largest absolute Gasteiger partial charge is 0.271 e. The van der Waals surface area contributed by atoms with Gasteiger partial charge in [-0.05, 0) is 24.5 Å². The van der Waals surface area contributed by atoms with Crippen LogP contribution in [0, 0.1) is 0 Å². The number of hydrogen-bond donors (Lipinski definition) is 2. The molecule has 1 saturated carbocycles. The third kappa shape index (κ3) is 2.33. The monoisotopic (exact) mass is 224 g/mol. The number of benzene rings is 1. The van der Waals surface area contributed by atoms with Crippen molar-refractivity contribution in [2.75, 3.05) is 0 Å². The third-order valence-electron chi connectivity index (χ3n) is 3.28. The van der Waals surface area contributed by atoms with Crippen LogP contribution in [0.5, 0.6) is 0 Å². The topological polar surface area (TPSA) is 38.0 Å². The normalized spacial score (nSPS) is 26.5. The van der Waals surface area contributed by atoms with Crippen molar-refractivity contribution in [2.24, 2.45) is 5.84 Å². The molecule has 0 aromatic heterocycles. The molecule has 3 heteroatoms. The smallest absolute Gasteiger partial charge is 0.0441 e. The lowest BCUT2D eigenvalue weighted by Crippen LogP contribution is -2.41. The van der Waals surface area contributed by atoms with Crippen molar-refractivity contribution >= 4 is 11.6 Å². The van der Waals surface area contributed by atoms with E-state index in [2.05, 4.69) is 11.5 Å². The van der Waals surface area contributed by atoms with Crippen molar-refractivity contribution in [2.45, 2.75) is 37.6 Å². The van der Waals surface area contributed by atoms with Crippen LogP contribution in [0.3, 0.4) is 0 Å².